The van der Waals surface area contributed by atoms with Crippen molar-refractivity contribution < 1.29 is 13.9 Å². The van der Waals surface area contributed by atoms with Crippen molar-refractivity contribution in [3.05, 3.63) is 69.9 Å². The van der Waals surface area contributed by atoms with Crippen LogP contribution in [0.2, 0.25) is 0 Å². The van der Waals surface area contributed by atoms with Gasteiger partial charge in [0.25, 0.3) is 5.91 Å². The Balaban J connectivity index is 1.63. The van der Waals surface area contributed by atoms with E-state index in [2.05, 4.69) is 24.1 Å². The second-order valence-corrected chi connectivity index (χ2v) is 9.08. The molecule has 0 spiro atoms. The molecule has 1 unspecified atom stereocenters. The average Bonchev–Trinajstić information content (AvgIpc) is 2.84. The van der Waals surface area contributed by atoms with Crippen molar-refractivity contribution in [1.29, 1.82) is 0 Å². The lowest BCUT2D eigenvalue weighted by Gasteiger charge is -2.35. The largest absolute Gasteiger partial charge is 0.455 e. The summed E-state index contributed by atoms with van der Waals surface area (Å²) in [4.78, 5) is 28.7. The molecule has 2 aromatic carbocycles. The number of rotatable bonds is 7. The highest BCUT2D eigenvalue weighted by Crippen LogP contribution is 2.27. The molecule has 0 bridgehead atoms. The second kappa shape index (κ2) is 10.3. The van der Waals surface area contributed by atoms with Crippen molar-refractivity contribution in [2.24, 2.45) is 5.92 Å². The van der Waals surface area contributed by atoms with E-state index in [4.69, 9.17) is 9.15 Å². The van der Waals surface area contributed by atoms with Crippen LogP contribution in [0.3, 0.4) is 0 Å². The molecule has 1 aliphatic heterocycles. The van der Waals surface area contributed by atoms with E-state index in [0.29, 0.717) is 40.3 Å². The average molecular weight is 449 g/mol. The zero-order valence-electron chi connectivity index (χ0n) is 19.6. The first kappa shape index (κ1) is 23.2. The minimum atomic E-state index is -0.228. The van der Waals surface area contributed by atoms with Crippen LogP contribution in [-0.4, -0.2) is 49.7 Å². The summed E-state index contributed by atoms with van der Waals surface area (Å²) in [6.07, 6.45) is 0.988. The SMILES string of the molecule is Cc1c(-c2ccccc2)oc2c(C(=O)NCC(CC(C)C)N3CCOCC3)cccc2c1=O. The van der Waals surface area contributed by atoms with Gasteiger partial charge >= 0.3 is 0 Å². The monoisotopic (exact) mass is 448 g/mol. The Morgan fingerprint density at radius 3 is 2.48 bits per heavy atom. The van der Waals surface area contributed by atoms with E-state index < -0.39 is 0 Å². The molecule has 2 heterocycles. The molecule has 4 rings (SSSR count). The van der Waals surface area contributed by atoms with Gasteiger partial charge in [0.1, 0.15) is 5.76 Å². The van der Waals surface area contributed by atoms with Gasteiger partial charge in [0.05, 0.1) is 24.2 Å². The topological polar surface area (TPSA) is 71.8 Å². The number of ether oxygens (including phenoxy) is 1. The third kappa shape index (κ3) is 5.18. The summed E-state index contributed by atoms with van der Waals surface area (Å²) in [6, 6.07) is 14.9. The van der Waals surface area contributed by atoms with Gasteiger partial charge in [0, 0.05) is 36.8 Å². The molecule has 0 radical (unpaired) electrons. The number of benzene rings is 2. The Morgan fingerprint density at radius 2 is 1.79 bits per heavy atom. The maximum atomic E-state index is 13.3. The summed E-state index contributed by atoms with van der Waals surface area (Å²) < 4.78 is 11.7. The van der Waals surface area contributed by atoms with Crippen LogP contribution in [0, 0.1) is 12.8 Å². The molecule has 1 aliphatic rings. The van der Waals surface area contributed by atoms with Crippen LogP contribution in [0.1, 0.15) is 36.2 Å². The molecule has 6 heteroatoms. The van der Waals surface area contributed by atoms with Gasteiger partial charge in [0.2, 0.25) is 0 Å². The van der Waals surface area contributed by atoms with Crippen LogP contribution < -0.4 is 10.7 Å². The number of nitrogens with one attached hydrogen (secondary N) is 1. The third-order valence-electron chi connectivity index (χ3n) is 6.23. The highest BCUT2D eigenvalue weighted by atomic mass is 16.5. The minimum Gasteiger partial charge on any atom is -0.455 e. The van der Waals surface area contributed by atoms with E-state index in [0.717, 1.165) is 38.3 Å². The third-order valence-corrected chi connectivity index (χ3v) is 6.23. The molecular formula is C27H32N2O4. The van der Waals surface area contributed by atoms with Gasteiger partial charge < -0.3 is 14.5 Å². The Bertz CT molecular complexity index is 1160. The fraction of sp³-hybridized carbons (Fsp3) is 0.407. The van der Waals surface area contributed by atoms with Crippen molar-refractivity contribution in [2.75, 3.05) is 32.8 Å². The molecule has 3 aromatic rings. The fourth-order valence-electron chi connectivity index (χ4n) is 4.51. The zero-order valence-corrected chi connectivity index (χ0v) is 19.6. The number of para-hydroxylation sites is 1. The van der Waals surface area contributed by atoms with Crippen LogP contribution in [0.4, 0.5) is 0 Å². The number of hydrogen-bond acceptors (Lipinski definition) is 5. The van der Waals surface area contributed by atoms with Crippen LogP contribution in [0.15, 0.2) is 57.7 Å². The maximum absolute atomic E-state index is 13.3. The predicted octanol–water partition coefficient (Wildman–Crippen LogP) is 4.25. The van der Waals surface area contributed by atoms with Gasteiger partial charge in [-0.05, 0) is 31.4 Å². The first-order valence-corrected chi connectivity index (χ1v) is 11.7. The number of amides is 1. The lowest BCUT2D eigenvalue weighted by Crippen LogP contribution is -2.49. The van der Waals surface area contributed by atoms with E-state index in [1.807, 2.05) is 30.3 Å². The zero-order chi connectivity index (χ0) is 23.4. The maximum Gasteiger partial charge on any atom is 0.255 e. The molecule has 6 nitrogen and oxygen atoms in total. The lowest BCUT2D eigenvalue weighted by atomic mass is 10.0. The summed E-state index contributed by atoms with van der Waals surface area (Å²) in [5, 5.41) is 3.53. The van der Waals surface area contributed by atoms with Gasteiger partial charge in [-0.15, -0.1) is 0 Å². The molecule has 0 saturated carbocycles. The molecule has 33 heavy (non-hydrogen) atoms. The minimum absolute atomic E-state index is 0.115. The second-order valence-electron chi connectivity index (χ2n) is 9.08. The van der Waals surface area contributed by atoms with Crippen LogP contribution in [0.5, 0.6) is 0 Å². The number of carbonyl (C=O) groups is 1. The summed E-state index contributed by atoms with van der Waals surface area (Å²) in [6.45, 7) is 9.88. The molecule has 1 fully saturated rings. The quantitative estimate of drug-likeness (QED) is 0.585. The van der Waals surface area contributed by atoms with Crippen molar-refractivity contribution in [1.82, 2.24) is 10.2 Å². The molecule has 1 aromatic heterocycles. The first-order valence-electron chi connectivity index (χ1n) is 11.7. The molecule has 1 amide bonds. The van der Waals surface area contributed by atoms with Crippen molar-refractivity contribution in [3.63, 3.8) is 0 Å². The Morgan fingerprint density at radius 1 is 1.06 bits per heavy atom. The highest BCUT2D eigenvalue weighted by Gasteiger charge is 2.24. The lowest BCUT2D eigenvalue weighted by molar-refractivity contribution is 0.0124. The molecule has 1 N–H and O–H groups in total. The summed E-state index contributed by atoms with van der Waals surface area (Å²) in [5.41, 5.74) is 1.95. The molecule has 174 valence electrons. The summed E-state index contributed by atoms with van der Waals surface area (Å²) >= 11 is 0. The van der Waals surface area contributed by atoms with E-state index >= 15 is 0 Å². The number of fused-ring (bicyclic) bond motifs is 1. The van der Waals surface area contributed by atoms with E-state index in [-0.39, 0.29) is 17.4 Å². The van der Waals surface area contributed by atoms with Crippen molar-refractivity contribution in [2.45, 2.75) is 33.2 Å². The standard InChI is InChI=1S/C27H32N2O4/c1-18(2)16-21(29-12-14-32-15-13-29)17-28-27(31)23-11-7-10-22-24(30)19(3)25(33-26(22)23)20-8-5-4-6-9-20/h4-11,18,21H,12-17H2,1-3H3,(H,28,31). The smallest absolute Gasteiger partial charge is 0.255 e. The summed E-state index contributed by atoms with van der Waals surface area (Å²) in [7, 11) is 0. The predicted molar refractivity (Wildman–Crippen MR) is 131 cm³/mol. The highest BCUT2D eigenvalue weighted by molar-refractivity contribution is 6.05. The number of nitrogens with zero attached hydrogens (tertiary/aromatic N) is 1. The van der Waals surface area contributed by atoms with Crippen LogP contribution in [-0.2, 0) is 4.74 Å². The first-order chi connectivity index (χ1) is 16.0. The molecule has 1 saturated heterocycles. The van der Waals surface area contributed by atoms with Gasteiger partial charge in [-0.1, -0.05) is 50.2 Å². The Hall–Kier alpha value is -2.96. The van der Waals surface area contributed by atoms with E-state index in [1.54, 1.807) is 25.1 Å². The Labute approximate surface area is 194 Å². The van der Waals surface area contributed by atoms with Gasteiger partial charge in [-0.25, -0.2) is 0 Å². The van der Waals surface area contributed by atoms with Gasteiger partial charge in [-0.2, -0.15) is 0 Å². The van der Waals surface area contributed by atoms with Crippen molar-refractivity contribution >= 4 is 16.9 Å². The van der Waals surface area contributed by atoms with E-state index in [9.17, 15) is 9.59 Å². The number of hydrogen-bond donors (Lipinski definition) is 1. The summed E-state index contributed by atoms with van der Waals surface area (Å²) in [5.74, 6) is 0.787. The molecule has 1 atom stereocenters. The van der Waals surface area contributed by atoms with Gasteiger partial charge in [0.15, 0.2) is 11.0 Å². The fourth-order valence-corrected chi connectivity index (χ4v) is 4.51. The molecular weight excluding hydrogens is 416 g/mol. The number of carbonyl (C=O) groups excluding carboxylic acids is 1. The normalized spacial score (nSPS) is 15.6. The molecule has 0 aliphatic carbocycles. The Kier molecular flexibility index (Phi) is 7.26. The van der Waals surface area contributed by atoms with Gasteiger partial charge in [-0.3, -0.25) is 14.5 Å². The van der Waals surface area contributed by atoms with Crippen LogP contribution in [0.25, 0.3) is 22.3 Å². The number of morpholine rings is 1. The van der Waals surface area contributed by atoms with E-state index in [1.165, 1.54) is 0 Å². The van der Waals surface area contributed by atoms with Crippen molar-refractivity contribution in [3.8, 4) is 11.3 Å². The van der Waals surface area contributed by atoms with Crippen LogP contribution >= 0.6 is 0 Å².